The molecule has 0 fully saturated rings. The van der Waals surface area contributed by atoms with Gasteiger partial charge in [0, 0.05) is 14.1 Å². The Morgan fingerprint density at radius 1 is 1.24 bits per heavy atom. The predicted molar refractivity (Wildman–Crippen MR) is 101 cm³/mol. The van der Waals surface area contributed by atoms with Crippen molar-refractivity contribution in [3.8, 4) is 6.07 Å². The van der Waals surface area contributed by atoms with Gasteiger partial charge in [0.2, 0.25) is 5.13 Å². The highest BCUT2D eigenvalue weighted by Gasteiger charge is 2.17. The first-order valence-electron chi connectivity index (χ1n) is 7.58. The van der Waals surface area contributed by atoms with Crippen LogP contribution in [0, 0.1) is 18.3 Å². The van der Waals surface area contributed by atoms with Crippen molar-refractivity contribution in [3.63, 3.8) is 0 Å². The van der Waals surface area contributed by atoms with Gasteiger partial charge >= 0.3 is 0 Å². The molecule has 0 N–H and O–H groups in total. The lowest BCUT2D eigenvalue weighted by Gasteiger charge is -2.08. The quantitative estimate of drug-likeness (QED) is 0.550. The summed E-state index contributed by atoms with van der Waals surface area (Å²) >= 11 is 3.08. The molecule has 0 unspecified atom stereocenters. The number of hydrogen-bond donors (Lipinski definition) is 0. The van der Waals surface area contributed by atoms with E-state index in [2.05, 4.69) is 21.3 Å². The van der Waals surface area contributed by atoms with Gasteiger partial charge in [-0.3, -0.25) is 4.40 Å². The average molecular weight is 366 g/mol. The molecule has 0 atom stereocenters. The molecule has 0 spiro atoms. The summed E-state index contributed by atoms with van der Waals surface area (Å²) in [5.74, 6) is 0. The van der Waals surface area contributed by atoms with Crippen molar-refractivity contribution < 1.29 is 0 Å². The molecule has 1 aromatic carbocycles. The first kappa shape index (κ1) is 15.9. The lowest BCUT2D eigenvalue weighted by atomic mass is 10.2. The number of nitriles is 1. The Balaban J connectivity index is 1.95. The van der Waals surface area contributed by atoms with Crippen molar-refractivity contribution in [1.29, 1.82) is 5.26 Å². The van der Waals surface area contributed by atoms with Crippen LogP contribution in [0.2, 0.25) is 0 Å². The van der Waals surface area contributed by atoms with Gasteiger partial charge in [-0.25, -0.2) is 4.98 Å². The Morgan fingerprint density at radius 2 is 2.04 bits per heavy atom. The van der Waals surface area contributed by atoms with Crippen molar-refractivity contribution in [2.75, 3.05) is 19.0 Å². The fourth-order valence-corrected chi connectivity index (χ4v) is 4.56. The fourth-order valence-electron chi connectivity index (χ4n) is 2.64. The number of aromatic nitrogens is 4. The zero-order valence-electron chi connectivity index (χ0n) is 13.9. The van der Waals surface area contributed by atoms with Crippen LogP contribution in [0.15, 0.2) is 39.7 Å². The van der Waals surface area contributed by atoms with E-state index in [0.29, 0.717) is 11.2 Å². The Hall–Kier alpha value is -2.63. The number of pyridine rings is 1. The third-order valence-corrected chi connectivity index (χ3v) is 5.97. The lowest BCUT2D eigenvalue weighted by Crippen LogP contribution is -2.07. The second-order valence-corrected chi connectivity index (χ2v) is 7.98. The minimum absolute atomic E-state index is 0.604. The number of anilines is 1. The van der Waals surface area contributed by atoms with Gasteiger partial charge in [-0.15, -0.1) is 10.2 Å². The molecule has 124 valence electrons. The molecule has 0 aliphatic rings. The van der Waals surface area contributed by atoms with Crippen molar-refractivity contribution in [1.82, 2.24) is 19.6 Å². The summed E-state index contributed by atoms with van der Waals surface area (Å²) in [6, 6.07) is 12.2. The van der Waals surface area contributed by atoms with Crippen LogP contribution in [0.5, 0.6) is 0 Å². The van der Waals surface area contributed by atoms with Crippen LogP contribution in [0.1, 0.15) is 11.1 Å². The summed E-state index contributed by atoms with van der Waals surface area (Å²) < 4.78 is 2.88. The number of hydrogen-bond acceptors (Lipinski definition) is 7. The predicted octanol–water partition coefficient (Wildman–Crippen LogP) is 3.74. The molecule has 0 radical (unpaired) electrons. The molecule has 0 aliphatic heterocycles. The Labute approximate surface area is 152 Å². The van der Waals surface area contributed by atoms with E-state index in [0.717, 1.165) is 31.1 Å². The topological polar surface area (TPSA) is 70.1 Å². The van der Waals surface area contributed by atoms with Crippen LogP contribution in [-0.2, 0) is 0 Å². The van der Waals surface area contributed by atoms with Crippen LogP contribution in [-0.4, -0.2) is 33.7 Å². The molecular formula is C17H14N6S2. The van der Waals surface area contributed by atoms with Gasteiger partial charge < -0.3 is 4.90 Å². The number of benzene rings is 1. The molecule has 8 heteroatoms. The van der Waals surface area contributed by atoms with Crippen LogP contribution in [0.3, 0.4) is 0 Å². The highest BCUT2D eigenvalue weighted by atomic mass is 32.2. The molecule has 4 rings (SSSR count). The molecule has 0 amide bonds. The molecule has 3 aromatic heterocycles. The average Bonchev–Trinajstić information content (AvgIpc) is 3.19. The van der Waals surface area contributed by atoms with Crippen molar-refractivity contribution in [3.05, 3.63) is 41.5 Å². The summed E-state index contributed by atoms with van der Waals surface area (Å²) in [6.45, 7) is 1.94. The Kier molecular flexibility index (Phi) is 3.82. The molecule has 0 saturated heterocycles. The number of fused-ring (bicyclic) bond motifs is 3. The zero-order valence-corrected chi connectivity index (χ0v) is 15.5. The highest BCUT2D eigenvalue weighted by molar-refractivity contribution is 8.01. The first-order chi connectivity index (χ1) is 12.1. The molecular weight excluding hydrogens is 352 g/mol. The highest BCUT2D eigenvalue weighted by Crippen LogP contribution is 2.36. The van der Waals surface area contributed by atoms with Gasteiger partial charge in [0.15, 0.2) is 9.99 Å². The summed E-state index contributed by atoms with van der Waals surface area (Å²) in [7, 11) is 3.89. The normalized spacial score (nSPS) is 11.1. The van der Waals surface area contributed by atoms with Gasteiger partial charge in [-0.2, -0.15) is 5.26 Å². The molecule has 0 saturated carbocycles. The van der Waals surface area contributed by atoms with Gasteiger partial charge in [-0.05, 0) is 42.4 Å². The van der Waals surface area contributed by atoms with E-state index >= 15 is 0 Å². The largest absolute Gasteiger partial charge is 0.353 e. The number of aryl methyl sites for hydroxylation is 1. The fraction of sp³-hybridized carbons (Fsp3) is 0.176. The third-order valence-electron chi connectivity index (χ3n) is 3.82. The monoisotopic (exact) mass is 366 g/mol. The smallest absolute Gasteiger partial charge is 0.208 e. The van der Waals surface area contributed by atoms with Crippen LogP contribution in [0.4, 0.5) is 5.13 Å². The van der Waals surface area contributed by atoms with E-state index in [1.54, 1.807) is 0 Å². The summed E-state index contributed by atoms with van der Waals surface area (Å²) in [4.78, 5) is 6.61. The van der Waals surface area contributed by atoms with Crippen molar-refractivity contribution in [2.45, 2.75) is 16.3 Å². The maximum Gasteiger partial charge on any atom is 0.208 e. The summed E-state index contributed by atoms with van der Waals surface area (Å²) in [5.41, 5.74) is 4.05. The van der Waals surface area contributed by atoms with E-state index in [4.69, 9.17) is 0 Å². The van der Waals surface area contributed by atoms with Crippen LogP contribution in [0.25, 0.3) is 16.7 Å². The summed E-state index contributed by atoms with van der Waals surface area (Å²) in [5, 5.41) is 19.8. The van der Waals surface area contributed by atoms with Crippen molar-refractivity contribution >= 4 is 44.9 Å². The molecule has 4 aromatic rings. The number of nitrogens with zero attached hydrogens (tertiary/aromatic N) is 6. The van der Waals surface area contributed by atoms with E-state index in [-0.39, 0.29) is 0 Å². The van der Waals surface area contributed by atoms with Gasteiger partial charge in [0.25, 0.3) is 0 Å². The van der Waals surface area contributed by atoms with Crippen LogP contribution < -0.4 is 4.90 Å². The Morgan fingerprint density at radius 3 is 2.76 bits per heavy atom. The van der Waals surface area contributed by atoms with Gasteiger partial charge in [0.05, 0.1) is 21.6 Å². The van der Waals surface area contributed by atoms with Gasteiger partial charge in [-0.1, -0.05) is 23.5 Å². The minimum Gasteiger partial charge on any atom is -0.353 e. The third kappa shape index (κ3) is 2.62. The standard InChI is InChI=1S/C17H14N6S2/c1-10-8-14(24-17-21-20-16(25-17)22(2)3)23-13-7-5-4-6-12(13)19-15(23)11(10)9-18/h4-8H,1-3H3. The van der Waals surface area contributed by atoms with Gasteiger partial charge in [0.1, 0.15) is 6.07 Å². The van der Waals surface area contributed by atoms with E-state index in [9.17, 15) is 5.26 Å². The zero-order chi connectivity index (χ0) is 17.6. The van der Waals surface area contributed by atoms with E-state index in [1.807, 2.05) is 60.7 Å². The van der Waals surface area contributed by atoms with Crippen LogP contribution >= 0.6 is 23.1 Å². The number of imidazole rings is 1. The SMILES string of the molecule is Cc1cc(Sc2nnc(N(C)C)s2)n2c(nc3ccccc32)c1C#N. The molecule has 3 heterocycles. The minimum atomic E-state index is 0.604. The molecule has 25 heavy (non-hydrogen) atoms. The first-order valence-corrected chi connectivity index (χ1v) is 9.21. The number of rotatable bonds is 3. The molecule has 0 bridgehead atoms. The van der Waals surface area contributed by atoms with E-state index in [1.165, 1.54) is 23.1 Å². The second-order valence-electron chi connectivity index (χ2n) is 5.76. The Bertz CT molecular complexity index is 1140. The maximum atomic E-state index is 9.55. The van der Waals surface area contributed by atoms with Crippen molar-refractivity contribution in [2.24, 2.45) is 0 Å². The molecule has 6 nitrogen and oxygen atoms in total. The molecule has 0 aliphatic carbocycles. The number of para-hydroxylation sites is 2. The summed E-state index contributed by atoms with van der Waals surface area (Å²) in [6.07, 6.45) is 0. The maximum absolute atomic E-state index is 9.55. The van der Waals surface area contributed by atoms with E-state index < -0.39 is 0 Å². The lowest BCUT2D eigenvalue weighted by molar-refractivity contribution is 0.967. The second kappa shape index (κ2) is 6.02.